The van der Waals surface area contributed by atoms with E-state index in [1.54, 1.807) is 24.3 Å². The summed E-state index contributed by atoms with van der Waals surface area (Å²) in [6, 6.07) is 24.5. The number of benzene rings is 4. The highest BCUT2D eigenvalue weighted by atomic mass is 35.5. The van der Waals surface area contributed by atoms with Gasteiger partial charge in [0.05, 0.1) is 6.61 Å². The summed E-state index contributed by atoms with van der Waals surface area (Å²) in [6.07, 6.45) is 0. The lowest BCUT2D eigenvalue weighted by molar-refractivity contribution is 0.265. The number of hydrogen-bond acceptors (Lipinski definition) is 3. The van der Waals surface area contributed by atoms with E-state index >= 15 is 0 Å². The molecule has 0 bridgehead atoms. The first kappa shape index (κ1) is 21.0. The summed E-state index contributed by atoms with van der Waals surface area (Å²) in [6.45, 7) is 3.01. The van der Waals surface area contributed by atoms with Crippen LogP contribution in [0.2, 0.25) is 5.02 Å². The molecule has 158 valence electrons. The normalized spacial score (nSPS) is 10.8. The van der Waals surface area contributed by atoms with Crippen LogP contribution in [0.4, 0.5) is 10.1 Å². The van der Waals surface area contributed by atoms with Crippen LogP contribution < -0.4 is 14.8 Å². The van der Waals surface area contributed by atoms with Crippen LogP contribution in [0.3, 0.4) is 0 Å². The number of fused-ring (bicyclic) bond motifs is 1. The minimum atomic E-state index is -0.303. The summed E-state index contributed by atoms with van der Waals surface area (Å²) in [5, 5.41) is 6.34. The number of rotatable bonds is 8. The van der Waals surface area contributed by atoms with E-state index in [4.69, 9.17) is 21.1 Å². The number of anilines is 1. The van der Waals surface area contributed by atoms with Crippen LogP contribution in [-0.4, -0.2) is 6.61 Å². The predicted octanol–water partition coefficient (Wildman–Crippen LogP) is 7.22. The Morgan fingerprint density at radius 2 is 1.58 bits per heavy atom. The van der Waals surface area contributed by atoms with Crippen LogP contribution in [0, 0.1) is 5.82 Å². The van der Waals surface area contributed by atoms with Gasteiger partial charge in [-0.15, -0.1) is 0 Å². The maximum Gasteiger partial charge on any atom is 0.163 e. The van der Waals surface area contributed by atoms with Gasteiger partial charge in [-0.05, 0) is 36.1 Å². The van der Waals surface area contributed by atoms with Gasteiger partial charge in [0, 0.05) is 34.3 Å². The van der Waals surface area contributed by atoms with Gasteiger partial charge < -0.3 is 14.8 Å². The predicted molar refractivity (Wildman–Crippen MR) is 125 cm³/mol. The van der Waals surface area contributed by atoms with Crippen LogP contribution in [-0.2, 0) is 13.2 Å². The molecule has 31 heavy (non-hydrogen) atoms. The summed E-state index contributed by atoms with van der Waals surface area (Å²) >= 11 is 6.55. The Morgan fingerprint density at radius 1 is 0.839 bits per heavy atom. The Hall–Kier alpha value is -3.24. The van der Waals surface area contributed by atoms with E-state index in [1.165, 1.54) is 11.5 Å². The van der Waals surface area contributed by atoms with Crippen LogP contribution in [0.15, 0.2) is 78.9 Å². The first-order valence-electron chi connectivity index (χ1n) is 10.2. The van der Waals surface area contributed by atoms with Gasteiger partial charge in [-0.2, -0.15) is 0 Å². The highest BCUT2D eigenvalue weighted by Crippen LogP contribution is 2.35. The standard InChI is InChI=1S/C26H23ClFNO2/c1-2-30-25-14-20(16-29-24-13-7-10-18-8-3-5-11-21(18)24)22(27)15-26(25)31-17-19-9-4-6-12-23(19)28/h3-15,29H,2,16-17H2,1H3. The Kier molecular flexibility index (Phi) is 6.58. The quantitative estimate of drug-likeness (QED) is 0.317. The Balaban J connectivity index is 1.54. The third-order valence-electron chi connectivity index (χ3n) is 5.01. The molecule has 0 aliphatic carbocycles. The molecule has 0 atom stereocenters. The fraction of sp³-hybridized carbons (Fsp3) is 0.154. The van der Waals surface area contributed by atoms with Gasteiger partial charge in [0.15, 0.2) is 11.5 Å². The van der Waals surface area contributed by atoms with Crippen molar-refractivity contribution in [2.45, 2.75) is 20.1 Å². The lowest BCUT2D eigenvalue weighted by atomic mass is 10.1. The van der Waals surface area contributed by atoms with E-state index in [9.17, 15) is 4.39 Å². The fourth-order valence-corrected chi connectivity index (χ4v) is 3.66. The zero-order chi connectivity index (χ0) is 21.6. The third-order valence-corrected chi connectivity index (χ3v) is 5.36. The lowest BCUT2D eigenvalue weighted by Gasteiger charge is -2.16. The number of hydrogen-bond donors (Lipinski definition) is 1. The van der Waals surface area contributed by atoms with Crippen LogP contribution in [0.25, 0.3) is 10.8 Å². The van der Waals surface area contributed by atoms with Crippen LogP contribution in [0.5, 0.6) is 11.5 Å². The van der Waals surface area contributed by atoms with Crippen molar-refractivity contribution in [3.05, 3.63) is 101 Å². The molecular weight excluding hydrogens is 413 g/mol. The molecule has 0 aliphatic heterocycles. The van der Waals surface area contributed by atoms with Gasteiger partial charge in [0.25, 0.3) is 0 Å². The molecule has 0 amide bonds. The van der Waals surface area contributed by atoms with Crippen molar-refractivity contribution < 1.29 is 13.9 Å². The fourth-order valence-electron chi connectivity index (χ4n) is 3.43. The summed E-state index contributed by atoms with van der Waals surface area (Å²) in [5.74, 6) is 0.768. The second-order valence-electron chi connectivity index (χ2n) is 7.08. The van der Waals surface area contributed by atoms with Crippen LogP contribution >= 0.6 is 11.6 Å². The molecule has 4 aromatic carbocycles. The third kappa shape index (κ3) is 4.92. The van der Waals surface area contributed by atoms with E-state index in [1.807, 2.05) is 37.3 Å². The molecule has 0 saturated heterocycles. The van der Waals surface area contributed by atoms with Crippen molar-refractivity contribution >= 4 is 28.1 Å². The molecule has 0 unspecified atom stereocenters. The van der Waals surface area contributed by atoms with E-state index in [2.05, 4.69) is 23.5 Å². The second kappa shape index (κ2) is 9.71. The highest BCUT2D eigenvalue weighted by molar-refractivity contribution is 6.31. The Labute approximate surface area is 186 Å². The molecule has 5 heteroatoms. The molecule has 0 spiro atoms. The van der Waals surface area contributed by atoms with Crippen molar-refractivity contribution in [2.24, 2.45) is 0 Å². The Bertz CT molecular complexity index is 1190. The second-order valence-corrected chi connectivity index (χ2v) is 7.49. The molecular formula is C26H23ClFNO2. The summed E-state index contributed by atoms with van der Waals surface area (Å²) in [4.78, 5) is 0. The number of nitrogens with one attached hydrogen (secondary N) is 1. The van der Waals surface area contributed by atoms with Crippen molar-refractivity contribution in [1.82, 2.24) is 0 Å². The maximum absolute atomic E-state index is 13.9. The van der Waals surface area contributed by atoms with Crippen molar-refractivity contribution in [1.29, 1.82) is 0 Å². The van der Waals surface area contributed by atoms with Crippen molar-refractivity contribution in [2.75, 3.05) is 11.9 Å². The first-order chi connectivity index (χ1) is 15.2. The minimum absolute atomic E-state index is 0.0939. The zero-order valence-corrected chi connectivity index (χ0v) is 18.0. The topological polar surface area (TPSA) is 30.5 Å². The molecule has 0 fully saturated rings. The summed E-state index contributed by atoms with van der Waals surface area (Å²) in [7, 11) is 0. The molecule has 0 radical (unpaired) electrons. The van der Waals surface area contributed by atoms with E-state index in [0.717, 1.165) is 16.6 Å². The average molecular weight is 436 g/mol. The largest absolute Gasteiger partial charge is 0.490 e. The van der Waals surface area contributed by atoms with E-state index in [0.29, 0.717) is 35.2 Å². The van der Waals surface area contributed by atoms with Gasteiger partial charge in [-0.3, -0.25) is 0 Å². The van der Waals surface area contributed by atoms with Crippen molar-refractivity contribution in [3.8, 4) is 11.5 Å². The average Bonchev–Trinajstić information content (AvgIpc) is 2.79. The molecule has 0 saturated carbocycles. The summed E-state index contributed by atoms with van der Waals surface area (Å²) < 4.78 is 25.5. The van der Waals surface area contributed by atoms with Gasteiger partial charge >= 0.3 is 0 Å². The van der Waals surface area contributed by atoms with E-state index < -0.39 is 0 Å². The SMILES string of the molecule is CCOc1cc(CNc2cccc3ccccc23)c(Cl)cc1OCc1ccccc1F. The molecule has 4 rings (SSSR count). The molecule has 0 aromatic heterocycles. The number of halogens is 2. The van der Waals surface area contributed by atoms with Crippen molar-refractivity contribution in [3.63, 3.8) is 0 Å². The van der Waals surface area contributed by atoms with E-state index in [-0.39, 0.29) is 12.4 Å². The minimum Gasteiger partial charge on any atom is -0.490 e. The first-order valence-corrected chi connectivity index (χ1v) is 10.6. The van der Waals surface area contributed by atoms with Gasteiger partial charge in [-0.25, -0.2) is 4.39 Å². The van der Waals surface area contributed by atoms with Gasteiger partial charge in [-0.1, -0.05) is 66.2 Å². The summed E-state index contributed by atoms with van der Waals surface area (Å²) in [5.41, 5.74) is 2.39. The van der Waals surface area contributed by atoms with Gasteiger partial charge in [0.2, 0.25) is 0 Å². The molecule has 3 nitrogen and oxygen atoms in total. The zero-order valence-electron chi connectivity index (χ0n) is 17.2. The lowest BCUT2D eigenvalue weighted by Crippen LogP contribution is -2.05. The Morgan fingerprint density at radius 3 is 2.42 bits per heavy atom. The molecule has 1 N–H and O–H groups in total. The smallest absolute Gasteiger partial charge is 0.163 e. The molecule has 0 heterocycles. The van der Waals surface area contributed by atoms with Crippen LogP contribution in [0.1, 0.15) is 18.1 Å². The highest BCUT2D eigenvalue weighted by Gasteiger charge is 2.13. The molecule has 0 aliphatic rings. The monoisotopic (exact) mass is 435 g/mol. The van der Waals surface area contributed by atoms with Gasteiger partial charge in [0.1, 0.15) is 12.4 Å². The molecule has 4 aromatic rings. The maximum atomic E-state index is 13.9. The number of ether oxygens (including phenoxy) is 2.